The predicted molar refractivity (Wildman–Crippen MR) is 99.6 cm³/mol. The molecule has 1 aliphatic heterocycles. The maximum Gasteiger partial charge on any atom is 0.410 e. The molecule has 0 fully saturated rings. The summed E-state index contributed by atoms with van der Waals surface area (Å²) in [6.45, 7) is 6.20. The van der Waals surface area contributed by atoms with Crippen molar-refractivity contribution >= 4 is 17.7 Å². The number of ether oxygens (including phenoxy) is 1. The van der Waals surface area contributed by atoms with Crippen LogP contribution in [0.3, 0.4) is 0 Å². The fourth-order valence-corrected chi connectivity index (χ4v) is 3.02. The summed E-state index contributed by atoms with van der Waals surface area (Å²) in [7, 11) is 1.78. The van der Waals surface area contributed by atoms with Crippen LogP contribution in [0.1, 0.15) is 42.5 Å². The Morgan fingerprint density at radius 3 is 2.63 bits per heavy atom. The molecule has 2 N–H and O–H groups in total. The highest BCUT2D eigenvalue weighted by atomic mass is 16.6. The Labute approximate surface area is 157 Å². The van der Waals surface area contributed by atoms with Gasteiger partial charge in [-0.2, -0.15) is 5.10 Å². The van der Waals surface area contributed by atoms with Gasteiger partial charge in [-0.05, 0) is 32.9 Å². The maximum absolute atomic E-state index is 12.7. The van der Waals surface area contributed by atoms with Crippen LogP contribution in [-0.4, -0.2) is 43.9 Å². The zero-order valence-corrected chi connectivity index (χ0v) is 15.9. The van der Waals surface area contributed by atoms with Crippen molar-refractivity contribution in [2.45, 2.75) is 39.3 Å². The number of para-hydroxylation sites is 2. The lowest BCUT2D eigenvalue weighted by Crippen LogP contribution is -2.40. The van der Waals surface area contributed by atoms with Gasteiger partial charge in [-0.25, -0.2) is 4.79 Å². The molecule has 1 aromatic carbocycles. The lowest BCUT2D eigenvalue weighted by atomic mass is 10.0. The van der Waals surface area contributed by atoms with Crippen LogP contribution in [0.15, 0.2) is 24.3 Å². The number of phenolic OH excluding ortho intramolecular Hbond substituents is 1. The van der Waals surface area contributed by atoms with Gasteiger partial charge in [0, 0.05) is 31.3 Å². The Morgan fingerprint density at radius 2 is 1.96 bits per heavy atom. The van der Waals surface area contributed by atoms with Crippen LogP contribution in [0.4, 0.5) is 10.5 Å². The minimum absolute atomic E-state index is 0.0222. The lowest BCUT2D eigenvalue weighted by Gasteiger charge is -2.30. The van der Waals surface area contributed by atoms with E-state index in [9.17, 15) is 14.7 Å². The molecule has 144 valence electrons. The van der Waals surface area contributed by atoms with Crippen molar-refractivity contribution in [1.82, 2.24) is 14.7 Å². The van der Waals surface area contributed by atoms with Crippen molar-refractivity contribution in [2.75, 3.05) is 11.9 Å². The SMILES string of the molecule is Cn1nc(C(=O)Nc2ccccc2O)c2c1CCN(C(=O)OC(C)(C)C)C2. The number of aromatic nitrogens is 2. The van der Waals surface area contributed by atoms with E-state index in [1.165, 1.54) is 6.07 Å². The number of hydrogen-bond acceptors (Lipinski definition) is 5. The number of amides is 2. The minimum Gasteiger partial charge on any atom is -0.506 e. The number of carbonyl (C=O) groups is 2. The molecule has 1 aliphatic rings. The highest BCUT2D eigenvalue weighted by Gasteiger charge is 2.31. The molecular weight excluding hydrogens is 348 g/mol. The third-order valence-corrected chi connectivity index (χ3v) is 4.26. The monoisotopic (exact) mass is 372 g/mol. The zero-order valence-electron chi connectivity index (χ0n) is 15.9. The summed E-state index contributed by atoms with van der Waals surface area (Å²) in [4.78, 5) is 26.7. The molecule has 0 atom stereocenters. The number of hydrogen-bond donors (Lipinski definition) is 2. The van der Waals surface area contributed by atoms with E-state index in [-0.39, 0.29) is 18.0 Å². The molecule has 2 amide bonds. The average molecular weight is 372 g/mol. The quantitative estimate of drug-likeness (QED) is 0.790. The normalized spacial score (nSPS) is 13.9. The zero-order chi connectivity index (χ0) is 19.8. The highest BCUT2D eigenvalue weighted by molar-refractivity contribution is 6.04. The van der Waals surface area contributed by atoms with E-state index in [1.54, 1.807) is 34.8 Å². The summed E-state index contributed by atoms with van der Waals surface area (Å²) in [5, 5.41) is 16.9. The number of phenols is 1. The van der Waals surface area contributed by atoms with E-state index in [0.29, 0.717) is 24.2 Å². The number of nitrogens with zero attached hydrogens (tertiary/aromatic N) is 3. The second-order valence-electron chi connectivity index (χ2n) is 7.52. The fraction of sp³-hybridized carbons (Fsp3) is 0.421. The van der Waals surface area contributed by atoms with Gasteiger partial charge in [0.25, 0.3) is 5.91 Å². The molecule has 1 aromatic heterocycles. The minimum atomic E-state index is -0.586. The predicted octanol–water partition coefficient (Wildman–Crippen LogP) is 2.67. The molecule has 3 rings (SSSR count). The van der Waals surface area contributed by atoms with E-state index in [2.05, 4.69) is 10.4 Å². The van der Waals surface area contributed by atoms with Gasteiger partial charge in [0.15, 0.2) is 5.69 Å². The van der Waals surface area contributed by atoms with Crippen molar-refractivity contribution < 1.29 is 19.4 Å². The largest absolute Gasteiger partial charge is 0.506 e. The summed E-state index contributed by atoms with van der Waals surface area (Å²) in [5.41, 5.74) is 1.57. The lowest BCUT2D eigenvalue weighted by molar-refractivity contribution is 0.0222. The number of fused-ring (bicyclic) bond motifs is 1. The second kappa shape index (κ2) is 6.94. The van der Waals surface area contributed by atoms with E-state index in [0.717, 1.165) is 5.69 Å². The van der Waals surface area contributed by atoms with E-state index >= 15 is 0 Å². The summed E-state index contributed by atoms with van der Waals surface area (Å²) in [6.07, 6.45) is 0.172. The maximum atomic E-state index is 12.7. The van der Waals surface area contributed by atoms with Gasteiger partial charge < -0.3 is 20.1 Å². The molecule has 0 aliphatic carbocycles. The van der Waals surface area contributed by atoms with Crippen molar-refractivity contribution in [1.29, 1.82) is 0 Å². The molecule has 0 bridgehead atoms. The molecule has 0 saturated heterocycles. The van der Waals surface area contributed by atoms with Crippen molar-refractivity contribution in [3.05, 3.63) is 41.2 Å². The molecule has 27 heavy (non-hydrogen) atoms. The number of aromatic hydroxyl groups is 1. The van der Waals surface area contributed by atoms with Gasteiger partial charge in [-0.1, -0.05) is 12.1 Å². The van der Waals surface area contributed by atoms with Gasteiger partial charge in [-0.3, -0.25) is 9.48 Å². The number of carbonyl (C=O) groups excluding carboxylic acids is 2. The average Bonchev–Trinajstić information content (AvgIpc) is 2.92. The van der Waals surface area contributed by atoms with E-state index in [4.69, 9.17) is 4.74 Å². The molecule has 8 nitrogen and oxygen atoms in total. The van der Waals surface area contributed by atoms with Crippen LogP contribution < -0.4 is 5.32 Å². The van der Waals surface area contributed by atoms with E-state index < -0.39 is 17.6 Å². The summed E-state index contributed by atoms with van der Waals surface area (Å²) < 4.78 is 7.11. The van der Waals surface area contributed by atoms with Gasteiger partial charge in [0.2, 0.25) is 0 Å². The third kappa shape index (κ3) is 4.05. The van der Waals surface area contributed by atoms with Crippen LogP contribution in [0.2, 0.25) is 0 Å². The summed E-state index contributed by atoms with van der Waals surface area (Å²) >= 11 is 0. The molecule has 2 aromatic rings. The Bertz CT molecular complexity index is 882. The number of benzene rings is 1. The van der Waals surface area contributed by atoms with Crippen molar-refractivity contribution in [3.63, 3.8) is 0 Å². The van der Waals surface area contributed by atoms with Gasteiger partial charge >= 0.3 is 6.09 Å². The molecule has 8 heteroatoms. The Kier molecular flexibility index (Phi) is 4.82. The standard InChI is InChI=1S/C19H24N4O4/c1-19(2,3)27-18(26)23-10-9-14-12(11-23)16(21-22(14)4)17(25)20-13-7-5-6-8-15(13)24/h5-8,24H,9-11H2,1-4H3,(H,20,25). The number of nitrogens with one attached hydrogen (secondary N) is 1. The van der Waals surface area contributed by atoms with Crippen molar-refractivity contribution in [3.8, 4) is 5.75 Å². The Morgan fingerprint density at radius 1 is 1.26 bits per heavy atom. The van der Waals surface area contributed by atoms with Crippen LogP contribution in [0.25, 0.3) is 0 Å². The van der Waals surface area contributed by atoms with Crippen LogP contribution in [-0.2, 0) is 24.8 Å². The Hall–Kier alpha value is -3.03. The molecule has 0 unspecified atom stereocenters. The smallest absolute Gasteiger partial charge is 0.410 e. The molecular formula is C19H24N4O4. The number of rotatable bonds is 2. The first kappa shape index (κ1) is 18.8. The molecule has 0 spiro atoms. The summed E-state index contributed by atoms with van der Waals surface area (Å²) in [6, 6.07) is 6.49. The first-order valence-electron chi connectivity index (χ1n) is 8.78. The van der Waals surface area contributed by atoms with Crippen molar-refractivity contribution in [2.24, 2.45) is 7.05 Å². The highest BCUT2D eigenvalue weighted by Crippen LogP contribution is 2.26. The number of anilines is 1. The van der Waals surface area contributed by atoms with Crippen LogP contribution in [0.5, 0.6) is 5.75 Å². The second-order valence-corrected chi connectivity index (χ2v) is 7.52. The topological polar surface area (TPSA) is 96.7 Å². The van der Waals surface area contributed by atoms with Gasteiger partial charge in [0.1, 0.15) is 11.4 Å². The molecule has 0 radical (unpaired) electrons. The molecule has 0 saturated carbocycles. The number of aryl methyl sites for hydroxylation is 1. The van der Waals surface area contributed by atoms with Gasteiger partial charge in [-0.15, -0.1) is 0 Å². The van der Waals surface area contributed by atoms with E-state index in [1.807, 2.05) is 20.8 Å². The summed E-state index contributed by atoms with van der Waals surface area (Å²) in [5.74, 6) is -0.453. The first-order valence-corrected chi connectivity index (χ1v) is 8.78. The fourth-order valence-electron chi connectivity index (χ4n) is 3.02. The molecule has 2 heterocycles. The third-order valence-electron chi connectivity index (χ3n) is 4.26. The van der Waals surface area contributed by atoms with Crippen LogP contribution >= 0.6 is 0 Å². The van der Waals surface area contributed by atoms with Gasteiger partial charge in [0.05, 0.1) is 12.2 Å². The Balaban J connectivity index is 1.83. The first-order chi connectivity index (χ1) is 12.7. The van der Waals surface area contributed by atoms with Crippen LogP contribution in [0, 0.1) is 0 Å².